The van der Waals surface area contributed by atoms with Gasteiger partial charge in [-0.15, -0.1) is 0 Å². The molecule has 2 saturated heterocycles. The number of aliphatic hydroxyl groups excluding tert-OH is 6. The normalized spacial score (nSPS) is 38.4. The third-order valence-corrected chi connectivity index (χ3v) is 7.76. The van der Waals surface area contributed by atoms with E-state index >= 15 is 0 Å². The largest absolute Gasteiger partial charge is 0.483 e. The highest BCUT2D eigenvalue weighted by Gasteiger charge is 2.49. The molecular formula is C15H24N2O17P2. The van der Waals surface area contributed by atoms with Gasteiger partial charge in [0.15, 0.2) is 12.5 Å². The molecule has 3 heterocycles. The zero-order valence-electron chi connectivity index (χ0n) is 17.9. The predicted octanol–water partition coefficient (Wildman–Crippen LogP) is -4.79. The fourth-order valence-electron chi connectivity index (χ4n) is 3.35. The van der Waals surface area contributed by atoms with Crippen molar-refractivity contribution in [3.05, 3.63) is 33.1 Å². The highest BCUT2D eigenvalue weighted by atomic mass is 31.3. The van der Waals surface area contributed by atoms with Crippen LogP contribution in [0.15, 0.2) is 21.9 Å². The van der Waals surface area contributed by atoms with Crippen LogP contribution in [0.1, 0.15) is 6.23 Å². The van der Waals surface area contributed by atoms with Gasteiger partial charge >= 0.3 is 21.3 Å². The molecule has 206 valence electrons. The molecule has 1 aromatic rings. The van der Waals surface area contributed by atoms with Crippen LogP contribution in [-0.4, -0.2) is 112 Å². The number of hydrogen-bond acceptors (Lipinski definition) is 15. The van der Waals surface area contributed by atoms with E-state index in [1.54, 1.807) is 0 Å². The van der Waals surface area contributed by atoms with Gasteiger partial charge in [-0.2, -0.15) is 4.31 Å². The van der Waals surface area contributed by atoms with Crippen molar-refractivity contribution < 1.29 is 72.4 Å². The Morgan fingerprint density at radius 3 is 2.17 bits per heavy atom. The summed E-state index contributed by atoms with van der Waals surface area (Å²) in [5, 5.41) is 58.6. The summed E-state index contributed by atoms with van der Waals surface area (Å²) < 4.78 is 48.1. The number of hydrogen-bond donors (Lipinski definition) is 9. The molecule has 2 aliphatic heterocycles. The van der Waals surface area contributed by atoms with Crippen LogP contribution < -0.4 is 11.2 Å². The summed E-state index contributed by atoms with van der Waals surface area (Å²) in [5.74, 6) is 0. The van der Waals surface area contributed by atoms with Crippen molar-refractivity contribution in [1.29, 1.82) is 0 Å². The summed E-state index contributed by atoms with van der Waals surface area (Å²) in [4.78, 5) is 44.5. The van der Waals surface area contributed by atoms with Gasteiger partial charge in [-0.3, -0.25) is 23.4 Å². The molecule has 0 radical (unpaired) electrons. The molecule has 0 aliphatic carbocycles. The van der Waals surface area contributed by atoms with E-state index in [2.05, 4.69) is 13.4 Å². The first-order valence-electron chi connectivity index (χ1n) is 9.99. The van der Waals surface area contributed by atoms with E-state index in [9.17, 15) is 54.0 Å². The molecule has 36 heavy (non-hydrogen) atoms. The predicted molar refractivity (Wildman–Crippen MR) is 109 cm³/mol. The second-order valence-electron chi connectivity index (χ2n) is 7.68. The number of aromatic nitrogens is 2. The molecule has 19 nitrogen and oxygen atoms in total. The third-order valence-electron chi connectivity index (χ3n) is 5.16. The van der Waals surface area contributed by atoms with Crippen LogP contribution in [-0.2, 0) is 32.0 Å². The van der Waals surface area contributed by atoms with E-state index < -0.39 is 95.4 Å². The van der Waals surface area contributed by atoms with Crippen molar-refractivity contribution in [2.45, 2.75) is 55.2 Å². The lowest BCUT2D eigenvalue weighted by atomic mass is 10.00. The van der Waals surface area contributed by atoms with Gasteiger partial charge < -0.3 is 49.9 Å². The molecule has 3 unspecified atom stereocenters. The number of phosphoric ester groups is 2. The minimum Gasteiger partial charge on any atom is -0.394 e. The fraction of sp³-hybridized carbons (Fsp3) is 0.733. The molecular weight excluding hydrogens is 542 g/mol. The molecule has 3 rings (SSSR count). The van der Waals surface area contributed by atoms with Crippen molar-refractivity contribution in [3.8, 4) is 0 Å². The van der Waals surface area contributed by atoms with E-state index in [1.165, 1.54) is 0 Å². The minimum absolute atomic E-state index is 0.723. The Morgan fingerprint density at radius 2 is 1.56 bits per heavy atom. The second kappa shape index (κ2) is 11.2. The first-order chi connectivity index (χ1) is 16.7. The number of nitrogens with one attached hydrogen (secondary N) is 1. The number of ether oxygens (including phenoxy) is 2. The van der Waals surface area contributed by atoms with Gasteiger partial charge in [0, 0.05) is 12.3 Å². The Balaban J connectivity index is 1.61. The quantitative estimate of drug-likeness (QED) is 0.127. The lowest BCUT2D eigenvalue weighted by Crippen LogP contribution is -2.58. The number of aromatic amines is 1. The van der Waals surface area contributed by atoms with Gasteiger partial charge in [0.25, 0.3) is 5.56 Å². The Bertz CT molecular complexity index is 1120. The SMILES string of the molecule is O=c1ccn(C2O[C@H](COP(=O)(O)OP(=O)(O)O[C@H]3O[C@H](CO)[C@H](O)[C@H](O)[C@H]3O)[C@@H](O)[C@H]2O)c(=O)[nH]1. The van der Waals surface area contributed by atoms with E-state index in [1.807, 2.05) is 4.98 Å². The van der Waals surface area contributed by atoms with Gasteiger partial charge in [0.2, 0.25) is 0 Å². The maximum absolute atomic E-state index is 12.2. The molecule has 0 bridgehead atoms. The molecule has 0 saturated carbocycles. The van der Waals surface area contributed by atoms with Crippen LogP contribution >= 0.6 is 15.6 Å². The second-order valence-corrected chi connectivity index (χ2v) is 10.7. The van der Waals surface area contributed by atoms with Crippen molar-refractivity contribution in [1.82, 2.24) is 9.55 Å². The number of aliphatic hydroxyl groups is 6. The van der Waals surface area contributed by atoms with Gasteiger partial charge in [0.05, 0.1) is 13.2 Å². The lowest BCUT2D eigenvalue weighted by molar-refractivity contribution is -0.280. The van der Waals surface area contributed by atoms with Crippen LogP contribution in [0.2, 0.25) is 0 Å². The number of phosphoric acid groups is 2. The fourth-order valence-corrected chi connectivity index (χ4v) is 5.51. The van der Waals surface area contributed by atoms with Gasteiger partial charge in [-0.25, -0.2) is 13.9 Å². The smallest absolute Gasteiger partial charge is 0.394 e. The van der Waals surface area contributed by atoms with Crippen LogP contribution in [0, 0.1) is 0 Å². The van der Waals surface area contributed by atoms with Crippen molar-refractivity contribution in [2.24, 2.45) is 0 Å². The number of H-pyrrole nitrogens is 1. The van der Waals surface area contributed by atoms with E-state index in [0.717, 1.165) is 16.8 Å². The zero-order valence-corrected chi connectivity index (χ0v) is 19.6. The first-order valence-corrected chi connectivity index (χ1v) is 13.0. The van der Waals surface area contributed by atoms with Crippen LogP contribution in [0.4, 0.5) is 0 Å². The van der Waals surface area contributed by atoms with Crippen LogP contribution in [0.5, 0.6) is 0 Å². The highest BCUT2D eigenvalue weighted by Crippen LogP contribution is 2.61. The van der Waals surface area contributed by atoms with Crippen molar-refractivity contribution in [2.75, 3.05) is 13.2 Å². The lowest BCUT2D eigenvalue weighted by Gasteiger charge is -2.39. The molecule has 2 aliphatic rings. The topological polar surface area (TPSA) is 297 Å². The first kappa shape index (κ1) is 29.2. The van der Waals surface area contributed by atoms with Crippen LogP contribution in [0.25, 0.3) is 0 Å². The molecule has 0 spiro atoms. The van der Waals surface area contributed by atoms with E-state index in [-0.39, 0.29) is 0 Å². The Morgan fingerprint density at radius 1 is 0.917 bits per heavy atom. The molecule has 2 fully saturated rings. The Hall–Kier alpha value is -1.38. The van der Waals surface area contributed by atoms with Crippen LogP contribution in [0.3, 0.4) is 0 Å². The van der Waals surface area contributed by atoms with E-state index in [4.69, 9.17) is 14.6 Å². The summed E-state index contributed by atoms with van der Waals surface area (Å²) in [6.45, 7) is -1.93. The maximum atomic E-state index is 12.2. The zero-order chi connectivity index (χ0) is 27.0. The monoisotopic (exact) mass is 566 g/mol. The summed E-state index contributed by atoms with van der Waals surface area (Å²) in [6.07, 6.45) is -15.4. The standard InChI is InChI=1S/C15H24N2O17P2/c18-3-5-8(20)10(22)12(24)14(32-5)33-36(28,29)34-35(26,27)30-4-6-9(21)11(23)13(31-6)17-2-1-7(19)16-15(17)25/h1-2,5-6,8-14,18,20-24H,3-4H2,(H,26,27)(H,28,29)(H,16,19,25)/t5-,6-,8+,9-,10+,11-,12-,13?,14-/m1/s1. The Kier molecular flexibility index (Phi) is 9.05. The van der Waals surface area contributed by atoms with Crippen molar-refractivity contribution in [3.63, 3.8) is 0 Å². The molecule has 0 aromatic carbocycles. The molecule has 9 N–H and O–H groups in total. The van der Waals surface area contributed by atoms with Gasteiger partial charge in [-0.1, -0.05) is 0 Å². The molecule has 0 amide bonds. The summed E-state index contributed by atoms with van der Waals surface area (Å²) in [6, 6.07) is 0.928. The number of rotatable bonds is 9. The summed E-state index contributed by atoms with van der Waals surface area (Å²) in [5.41, 5.74) is -1.75. The van der Waals surface area contributed by atoms with Gasteiger partial charge in [0.1, 0.15) is 42.7 Å². The molecule has 1 aromatic heterocycles. The van der Waals surface area contributed by atoms with Crippen molar-refractivity contribution >= 4 is 15.6 Å². The summed E-state index contributed by atoms with van der Waals surface area (Å²) >= 11 is 0. The molecule has 11 atom stereocenters. The average molecular weight is 566 g/mol. The maximum Gasteiger partial charge on any atom is 0.483 e. The Labute approximate surface area is 199 Å². The number of nitrogens with zero attached hydrogens (tertiary/aromatic N) is 1. The third kappa shape index (κ3) is 6.54. The van der Waals surface area contributed by atoms with Gasteiger partial charge in [-0.05, 0) is 0 Å². The summed E-state index contributed by atoms with van der Waals surface area (Å²) in [7, 11) is -11.1. The minimum atomic E-state index is -5.59. The average Bonchev–Trinajstić information content (AvgIpc) is 3.06. The molecule has 21 heteroatoms. The highest BCUT2D eigenvalue weighted by molar-refractivity contribution is 7.61. The van der Waals surface area contributed by atoms with E-state index in [0.29, 0.717) is 0 Å².